The van der Waals surface area contributed by atoms with Gasteiger partial charge in [-0.15, -0.1) is 0 Å². The molecule has 1 aliphatic heterocycles. The predicted molar refractivity (Wildman–Crippen MR) is 83.3 cm³/mol. The molecule has 1 heterocycles. The van der Waals surface area contributed by atoms with Crippen LogP contribution in [0.5, 0.6) is 5.75 Å². The van der Waals surface area contributed by atoms with E-state index in [0.717, 1.165) is 42.1 Å². The number of methoxy groups -OCH3 is 1. The molecular formula is C14H20BrN3O2. The second-order valence-corrected chi connectivity index (χ2v) is 5.80. The molecule has 0 bridgehead atoms. The summed E-state index contributed by atoms with van der Waals surface area (Å²) in [6.45, 7) is 3.76. The summed E-state index contributed by atoms with van der Waals surface area (Å²) in [5.41, 5.74) is 0.823. The van der Waals surface area contributed by atoms with Crippen molar-refractivity contribution in [2.75, 3.05) is 52.2 Å². The maximum Gasteiger partial charge on any atom is 0.241 e. The van der Waals surface area contributed by atoms with Gasteiger partial charge in [0.2, 0.25) is 5.91 Å². The van der Waals surface area contributed by atoms with Crippen molar-refractivity contribution in [1.29, 1.82) is 0 Å². The molecule has 1 N–H and O–H groups in total. The number of nitrogens with one attached hydrogen (secondary N) is 1. The van der Waals surface area contributed by atoms with Crippen LogP contribution < -0.4 is 10.1 Å². The van der Waals surface area contributed by atoms with E-state index in [1.54, 1.807) is 7.11 Å². The molecule has 0 atom stereocenters. The van der Waals surface area contributed by atoms with E-state index in [1.165, 1.54) is 0 Å². The van der Waals surface area contributed by atoms with E-state index in [0.29, 0.717) is 0 Å². The van der Waals surface area contributed by atoms with Crippen molar-refractivity contribution in [2.45, 2.75) is 0 Å². The fourth-order valence-corrected chi connectivity index (χ4v) is 2.52. The van der Waals surface area contributed by atoms with E-state index in [-0.39, 0.29) is 12.5 Å². The lowest BCUT2D eigenvalue weighted by molar-refractivity contribution is -0.130. The Kier molecular flexibility index (Phi) is 5.25. The first-order valence-corrected chi connectivity index (χ1v) is 7.43. The monoisotopic (exact) mass is 341 g/mol. The number of ether oxygens (including phenoxy) is 1. The molecule has 5 nitrogen and oxygen atoms in total. The zero-order valence-corrected chi connectivity index (χ0v) is 13.4. The van der Waals surface area contributed by atoms with Crippen LogP contribution in [0.15, 0.2) is 22.7 Å². The SMILES string of the molecule is COc1ccc(Br)cc1NCC(=O)N1CCN(C)CC1. The van der Waals surface area contributed by atoms with Crippen LogP contribution in [0.1, 0.15) is 0 Å². The zero-order valence-electron chi connectivity index (χ0n) is 11.9. The highest BCUT2D eigenvalue weighted by Crippen LogP contribution is 2.27. The third-order valence-electron chi connectivity index (χ3n) is 3.45. The number of carbonyl (C=O) groups excluding carboxylic acids is 1. The highest BCUT2D eigenvalue weighted by molar-refractivity contribution is 9.10. The van der Waals surface area contributed by atoms with Gasteiger partial charge in [-0.3, -0.25) is 4.79 Å². The fraction of sp³-hybridized carbons (Fsp3) is 0.500. The number of piperazine rings is 1. The van der Waals surface area contributed by atoms with Crippen molar-refractivity contribution < 1.29 is 9.53 Å². The highest BCUT2D eigenvalue weighted by Gasteiger charge is 2.18. The number of anilines is 1. The standard InChI is InChI=1S/C14H20BrN3O2/c1-17-5-7-18(8-6-17)14(19)10-16-12-9-11(15)3-4-13(12)20-2/h3-4,9,16H,5-8,10H2,1-2H3. The summed E-state index contributed by atoms with van der Waals surface area (Å²) in [7, 11) is 3.70. The van der Waals surface area contributed by atoms with Crippen LogP contribution in [-0.4, -0.2) is 62.6 Å². The van der Waals surface area contributed by atoms with Gasteiger partial charge in [-0.05, 0) is 25.2 Å². The van der Waals surface area contributed by atoms with Crippen LogP contribution in [0.25, 0.3) is 0 Å². The first-order chi connectivity index (χ1) is 9.60. The van der Waals surface area contributed by atoms with Crippen molar-refractivity contribution >= 4 is 27.5 Å². The van der Waals surface area contributed by atoms with Crippen molar-refractivity contribution in [1.82, 2.24) is 9.80 Å². The van der Waals surface area contributed by atoms with Gasteiger partial charge in [0.05, 0.1) is 19.3 Å². The molecule has 0 radical (unpaired) electrons. The Hall–Kier alpha value is -1.27. The average molecular weight is 342 g/mol. The minimum absolute atomic E-state index is 0.125. The van der Waals surface area contributed by atoms with Gasteiger partial charge in [-0.2, -0.15) is 0 Å². The zero-order chi connectivity index (χ0) is 14.5. The minimum Gasteiger partial charge on any atom is -0.495 e. The molecule has 0 unspecified atom stereocenters. The van der Waals surface area contributed by atoms with Gasteiger partial charge in [0.25, 0.3) is 0 Å². The van der Waals surface area contributed by atoms with Crippen molar-refractivity contribution in [3.05, 3.63) is 22.7 Å². The number of rotatable bonds is 4. The van der Waals surface area contributed by atoms with Gasteiger partial charge in [0.15, 0.2) is 0 Å². The van der Waals surface area contributed by atoms with Crippen molar-refractivity contribution in [3.8, 4) is 5.75 Å². The van der Waals surface area contributed by atoms with E-state index in [2.05, 4.69) is 33.2 Å². The third kappa shape index (κ3) is 3.86. The number of hydrogen-bond donors (Lipinski definition) is 1. The number of carbonyl (C=O) groups is 1. The van der Waals surface area contributed by atoms with Crippen LogP contribution in [-0.2, 0) is 4.79 Å². The Morgan fingerprint density at radius 2 is 2.05 bits per heavy atom. The van der Waals surface area contributed by atoms with Crippen LogP contribution in [0, 0.1) is 0 Å². The molecule has 0 spiro atoms. The Morgan fingerprint density at radius 1 is 1.35 bits per heavy atom. The minimum atomic E-state index is 0.125. The second kappa shape index (κ2) is 6.95. The number of benzene rings is 1. The molecule has 1 amide bonds. The third-order valence-corrected chi connectivity index (χ3v) is 3.94. The van der Waals surface area contributed by atoms with Crippen LogP contribution in [0.2, 0.25) is 0 Å². The molecule has 1 aromatic rings. The summed E-state index contributed by atoms with van der Waals surface area (Å²) in [6.07, 6.45) is 0. The van der Waals surface area contributed by atoms with Gasteiger partial charge in [-0.1, -0.05) is 15.9 Å². The van der Waals surface area contributed by atoms with Crippen LogP contribution in [0.4, 0.5) is 5.69 Å². The van der Waals surface area contributed by atoms with E-state index in [1.807, 2.05) is 23.1 Å². The molecular weight excluding hydrogens is 322 g/mol. The maximum absolute atomic E-state index is 12.2. The average Bonchev–Trinajstić information content (AvgIpc) is 2.45. The highest BCUT2D eigenvalue weighted by atomic mass is 79.9. The quantitative estimate of drug-likeness (QED) is 0.904. The summed E-state index contributed by atoms with van der Waals surface area (Å²) in [4.78, 5) is 16.3. The van der Waals surface area contributed by atoms with Crippen molar-refractivity contribution in [3.63, 3.8) is 0 Å². The van der Waals surface area contributed by atoms with Gasteiger partial charge in [-0.25, -0.2) is 0 Å². The smallest absolute Gasteiger partial charge is 0.241 e. The molecule has 6 heteroatoms. The number of halogens is 1. The molecule has 2 rings (SSSR count). The molecule has 1 aromatic carbocycles. The molecule has 20 heavy (non-hydrogen) atoms. The Morgan fingerprint density at radius 3 is 2.70 bits per heavy atom. The first kappa shape index (κ1) is 15.1. The summed E-state index contributed by atoms with van der Waals surface area (Å²) in [6, 6.07) is 5.69. The number of hydrogen-bond acceptors (Lipinski definition) is 4. The van der Waals surface area contributed by atoms with E-state index < -0.39 is 0 Å². The Bertz CT molecular complexity index is 473. The summed E-state index contributed by atoms with van der Waals surface area (Å²) in [5.74, 6) is 0.861. The molecule has 1 saturated heterocycles. The Balaban J connectivity index is 1.91. The topological polar surface area (TPSA) is 44.8 Å². The maximum atomic E-state index is 12.2. The lowest BCUT2D eigenvalue weighted by Gasteiger charge is -2.32. The summed E-state index contributed by atoms with van der Waals surface area (Å²) < 4.78 is 6.23. The lowest BCUT2D eigenvalue weighted by Crippen LogP contribution is -2.48. The van der Waals surface area contributed by atoms with Gasteiger partial charge in [0, 0.05) is 30.7 Å². The molecule has 1 fully saturated rings. The summed E-state index contributed by atoms with van der Waals surface area (Å²) >= 11 is 3.42. The van der Waals surface area contributed by atoms with Crippen LogP contribution in [0.3, 0.4) is 0 Å². The normalized spacial score (nSPS) is 16.1. The number of nitrogens with zero attached hydrogens (tertiary/aromatic N) is 2. The second-order valence-electron chi connectivity index (χ2n) is 4.88. The van der Waals surface area contributed by atoms with Gasteiger partial charge >= 0.3 is 0 Å². The van der Waals surface area contributed by atoms with E-state index in [4.69, 9.17) is 4.74 Å². The van der Waals surface area contributed by atoms with Gasteiger partial charge < -0.3 is 19.9 Å². The lowest BCUT2D eigenvalue weighted by atomic mass is 10.3. The fourth-order valence-electron chi connectivity index (χ4n) is 2.16. The first-order valence-electron chi connectivity index (χ1n) is 6.64. The molecule has 0 saturated carbocycles. The summed E-state index contributed by atoms with van der Waals surface area (Å²) in [5, 5.41) is 3.15. The predicted octanol–water partition coefficient (Wildman–Crippen LogP) is 1.64. The number of likely N-dealkylation sites (N-methyl/N-ethyl adjacent to an activating group) is 1. The largest absolute Gasteiger partial charge is 0.495 e. The number of amides is 1. The van der Waals surface area contributed by atoms with E-state index >= 15 is 0 Å². The van der Waals surface area contributed by atoms with Crippen LogP contribution >= 0.6 is 15.9 Å². The van der Waals surface area contributed by atoms with E-state index in [9.17, 15) is 4.79 Å². The molecule has 0 aliphatic carbocycles. The molecule has 1 aliphatic rings. The van der Waals surface area contributed by atoms with Crippen molar-refractivity contribution in [2.24, 2.45) is 0 Å². The van der Waals surface area contributed by atoms with Gasteiger partial charge in [0.1, 0.15) is 5.75 Å². The molecule has 110 valence electrons. The Labute approximate surface area is 128 Å². The molecule has 0 aromatic heterocycles.